The highest BCUT2D eigenvalue weighted by Gasteiger charge is 2.41. The first kappa shape index (κ1) is 15.4. The molecule has 2 atom stereocenters. The summed E-state index contributed by atoms with van der Waals surface area (Å²) in [5.41, 5.74) is 4.51. The average molecular weight is 274 g/mol. The minimum absolute atomic E-state index is 0.419. The maximum absolute atomic E-state index is 3.56. The maximum Gasteiger partial charge on any atom is 0.0393 e. The monoisotopic (exact) mass is 274 g/mol. The van der Waals surface area contributed by atoms with Crippen LogP contribution >= 0.6 is 0 Å². The van der Waals surface area contributed by atoms with Crippen LogP contribution in [0.25, 0.3) is 0 Å². The first-order valence-corrected chi connectivity index (χ1v) is 7.81. The molecule has 1 N–H and O–H groups in total. The molecular formula is C18H30N2. The van der Waals surface area contributed by atoms with E-state index in [4.69, 9.17) is 0 Å². The number of aryl methyl sites for hydroxylation is 2. The second-order valence-electron chi connectivity index (χ2n) is 7.22. The van der Waals surface area contributed by atoms with Crippen molar-refractivity contribution in [2.24, 2.45) is 11.3 Å². The lowest BCUT2D eigenvalue weighted by molar-refractivity contribution is 0.263. The van der Waals surface area contributed by atoms with E-state index in [0.29, 0.717) is 11.5 Å². The van der Waals surface area contributed by atoms with Crippen LogP contribution < -0.4 is 10.2 Å². The molecule has 1 aromatic rings. The molecule has 0 heterocycles. The van der Waals surface area contributed by atoms with Crippen LogP contribution in [-0.4, -0.2) is 26.7 Å². The minimum Gasteiger partial charge on any atom is -0.374 e. The smallest absolute Gasteiger partial charge is 0.0393 e. The van der Waals surface area contributed by atoms with Gasteiger partial charge in [-0.3, -0.25) is 0 Å². The second kappa shape index (κ2) is 5.77. The first-order chi connectivity index (χ1) is 9.35. The van der Waals surface area contributed by atoms with E-state index in [2.05, 4.69) is 70.2 Å². The van der Waals surface area contributed by atoms with Crippen LogP contribution in [0.5, 0.6) is 0 Å². The molecule has 1 aliphatic carbocycles. The standard InChI is InChI=1S/C18H30N2/c1-13-7-8-16(14(2)11-13)20(6)12-15-9-10-18(3,4)17(15)19-5/h7-8,11,15,17,19H,9-10,12H2,1-6H3. The summed E-state index contributed by atoms with van der Waals surface area (Å²) in [4.78, 5) is 2.44. The summed E-state index contributed by atoms with van der Waals surface area (Å²) in [5.74, 6) is 0.737. The highest BCUT2D eigenvalue weighted by atomic mass is 15.1. The Balaban J connectivity index is 2.10. The summed E-state index contributed by atoms with van der Waals surface area (Å²) < 4.78 is 0. The SMILES string of the molecule is CNC1C(CN(C)c2ccc(C)cc2C)CCC1(C)C. The predicted octanol–water partition coefficient (Wildman–Crippen LogP) is 3.76. The van der Waals surface area contributed by atoms with Gasteiger partial charge in [0.25, 0.3) is 0 Å². The van der Waals surface area contributed by atoms with Gasteiger partial charge in [-0.25, -0.2) is 0 Å². The number of hydrogen-bond donors (Lipinski definition) is 1. The number of nitrogens with zero attached hydrogens (tertiary/aromatic N) is 1. The lowest BCUT2D eigenvalue weighted by atomic mass is 9.85. The average Bonchev–Trinajstić information content (AvgIpc) is 2.63. The Hall–Kier alpha value is -1.02. The summed E-state index contributed by atoms with van der Waals surface area (Å²) in [7, 11) is 4.34. The third-order valence-electron chi connectivity index (χ3n) is 5.06. The summed E-state index contributed by atoms with van der Waals surface area (Å²) >= 11 is 0. The Morgan fingerprint density at radius 2 is 2.00 bits per heavy atom. The van der Waals surface area contributed by atoms with E-state index in [-0.39, 0.29) is 0 Å². The Bertz CT molecular complexity index is 464. The Morgan fingerprint density at radius 3 is 2.60 bits per heavy atom. The fraction of sp³-hybridized carbons (Fsp3) is 0.667. The fourth-order valence-electron chi connectivity index (χ4n) is 4.02. The zero-order valence-corrected chi connectivity index (χ0v) is 14.0. The van der Waals surface area contributed by atoms with Crippen LogP contribution in [0.15, 0.2) is 18.2 Å². The van der Waals surface area contributed by atoms with Crippen LogP contribution in [0.4, 0.5) is 5.69 Å². The molecule has 2 rings (SSSR count). The van der Waals surface area contributed by atoms with Crippen molar-refractivity contribution in [3.8, 4) is 0 Å². The minimum atomic E-state index is 0.419. The van der Waals surface area contributed by atoms with Crippen LogP contribution in [0, 0.1) is 25.2 Å². The van der Waals surface area contributed by atoms with Gasteiger partial charge in [0.05, 0.1) is 0 Å². The summed E-state index contributed by atoms with van der Waals surface area (Å²) in [6, 6.07) is 7.38. The van der Waals surface area contributed by atoms with Crippen molar-refractivity contribution in [3.63, 3.8) is 0 Å². The highest BCUT2D eigenvalue weighted by molar-refractivity contribution is 5.53. The Kier molecular flexibility index (Phi) is 4.43. The number of benzene rings is 1. The van der Waals surface area contributed by atoms with Gasteiger partial charge in [0.15, 0.2) is 0 Å². The third kappa shape index (κ3) is 3.01. The lowest BCUT2D eigenvalue weighted by Crippen LogP contribution is -2.43. The van der Waals surface area contributed by atoms with Crippen molar-refractivity contribution in [1.29, 1.82) is 0 Å². The molecule has 0 saturated heterocycles. The zero-order chi connectivity index (χ0) is 14.9. The van der Waals surface area contributed by atoms with Crippen molar-refractivity contribution >= 4 is 5.69 Å². The Morgan fingerprint density at radius 1 is 1.30 bits per heavy atom. The third-order valence-corrected chi connectivity index (χ3v) is 5.06. The van der Waals surface area contributed by atoms with Gasteiger partial charge >= 0.3 is 0 Å². The van der Waals surface area contributed by atoms with Gasteiger partial charge in [-0.1, -0.05) is 31.5 Å². The molecule has 1 aromatic carbocycles. The summed E-state index contributed by atoms with van der Waals surface area (Å²) in [6.07, 6.45) is 2.65. The molecular weight excluding hydrogens is 244 g/mol. The van der Waals surface area contributed by atoms with Gasteiger partial charge in [-0.05, 0) is 56.7 Å². The first-order valence-electron chi connectivity index (χ1n) is 7.81. The molecule has 1 fully saturated rings. The zero-order valence-electron chi connectivity index (χ0n) is 14.0. The van der Waals surface area contributed by atoms with Crippen molar-refractivity contribution in [2.45, 2.75) is 46.6 Å². The van der Waals surface area contributed by atoms with Crippen LogP contribution in [0.2, 0.25) is 0 Å². The van der Waals surface area contributed by atoms with Crippen LogP contribution in [-0.2, 0) is 0 Å². The summed E-state index contributed by atoms with van der Waals surface area (Å²) in [6.45, 7) is 10.3. The largest absolute Gasteiger partial charge is 0.374 e. The molecule has 0 bridgehead atoms. The molecule has 1 saturated carbocycles. The maximum atomic E-state index is 3.56. The molecule has 112 valence electrons. The highest BCUT2D eigenvalue weighted by Crippen LogP contribution is 2.41. The van der Waals surface area contributed by atoms with Gasteiger partial charge in [0.2, 0.25) is 0 Å². The van der Waals surface area contributed by atoms with Crippen molar-refractivity contribution in [3.05, 3.63) is 29.3 Å². The van der Waals surface area contributed by atoms with E-state index >= 15 is 0 Å². The van der Waals surface area contributed by atoms with Crippen LogP contribution in [0.1, 0.15) is 37.8 Å². The van der Waals surface area contributed by atoms with E-state index < -0.39 is 0 Å². The van der Waals surface area contributed by atoms with E-state index in [0.717, 1.165) is 12.5 Å². The van der Waals surface area contributed by atoms with Crippen LogP contribution in [0.3, 0.4) is 0 Å². The lowest BCUT2D eigenvalue weighted by Gasteiger charge is -2.33. The van der Waals surface area contributed by atoms with Gasteiger partial charge < -0.3 is 10.2 Å². The fourth-order valence-corrected chi connectivity index (χ4v) is 4.02. The molecule has 0 aromatic heterocycles. The number of hydrogen-bond acceptors (Lipinski definition) is 2. The van der Waals surface area contributed by atoms with Crippen molar-refractivity contribution < 1.29 is 0 Å². The molecule has 1 aliphatic rings. The molecule has 0 radical (unpaired) electrons. The predicted molar refractivity (Wildman–Crippen MR) is 88.5 cm³/mol. The molecule has 2 heteroatoms. The quantitative estimate of drug-likeness (QED) is 0.899. The van der Waals surface area contributed by atoms with E-state index in [1.807, 2.05) is 0 Å². The van der Waals surface area contributed by atoms with Crippen molar-refractivity contribution in [2.75, 3.05) is 25.5 Å². The number of rotatable bonds is 4. The van der Waals surface area contributed by atoms with Crippen molar-refractivity contribution in [1.82, 2.24) is 5.32 Å². The van der Waals surface area contributed by atoms with Gasteiger partial charge in [-0.2, -0.15) is 0 Å². The van der Waals surface area contributed by atoms with Gasteiger partial charge in [0.1, 0.15) is 0 Å². The molecule has 2 unspecified atom stereocenters. The van der Waals surface area contributed by atoms with E-state index in [9.17, 15) is 0 Å². The van der Waals surface area contributed by atoms with E-state index in [1.165, 1.54) is 29.7 Å². The number of nitrogens with one attached hydrogen (secondary N) is 1. The van der Waals surface area contributed by atoms with Gasteiger partial charge in [-0.15, -0.1) is 0 Å². The second-order valence-corrected chi connectivity index (χ2v) is 7.22. The van der Waals surface area contributed by atoms with Gasteiger partial charge in [0, 0.05) is 25.3 Å². The Labute approximate surface area is 124 Å². The molecule has 0 spiro atoms. The molecule has 2 nitrogen and oxygen atoms in total. The number of anilines is 1. The molecule has 0 amide bonds. The topological polar surface area (TPSA) is 15.3 Å². The summed E-state index contributed by atoms with van der Waals surface area (Å²) in [5, 5.41) is 3.56. The molecule has 20 heavy (non-hydrogen) atoms. The van der Waals surface area contributed by atoms with E-state index in [1.54, 1.807) is 0 Å². The normalized spacial score (nSPS) is 24.9. The molecule has 0 aliphatic heterocycles.